The Labute approximate surface area is 110 Å². The Hall–Kier alpha value is -2.44. The molecular weight excluding hydrogens is 242 g/mol. The second kappa shape index (κ2) is 4.34. The summed E-state index contributed by atoms with van der Waals surface area (Å²) in [6.07, 6.45) is 3.24. The molecule has 1 unspecified atom stereocenters. The van der Waals surface area contributed by atoms with Crippen molar-refractivity contribution in [1.29, 1.82) is 0 Å². The van der Waals surface area contributed by atoms with Gasteiger partial charge < -0.3 is 9.88 Å². The molecule has 0 radical (unpaired) electrons. The highest BCUT2D eigenvalue weighted by molar-refractivity contribution is 5.51. The average Bonchev–Trinajstić information content (AvgIpc) is 2.97. The molecule has 0 aromatic carbocycles. The van der Waals surface area contributed by atoms with Gasteiger partial charge in [0.2, 0.25) is 0 Å². The fraction of sp³-hybridized carbons (Fsp3) is 0.333. The predicted molar refractivity (Wildman–Crippen MR) is 70.8 cm³/mol. The molecule has 7 nitrogen and oxygen atoms in total. The van der Waals surface area contributed by atoms with Crippen LogP contribution in [0.15, 0.2) is 24.8 Å². The van der Waals surface area contributed by atoms with Gasteiger partial charge in [0, 0.05) is 7.05 Å². The van der Waals surface area contributed by atoms with Crippen molar-refractivity contribution in [1.82, 2.24) is 29.4 Å². The molecular formula is C12H15N7. The highest BCUT2D eigenvalue weighted by Gasteiger charge is 2.13. The number of fused-ring (bicyclic) bond motifs is 1. The Kier molecular flexibility index (Phi) is 2.66. The number of aryl methyl sites for hydroxylation is 2. The first-order valence-electron chi connectivity index (χ1n) is 6.06. The minimum Gasteiger partial charge on any atom is -0.360 e. The number of hydrogen-bond acceptors (Lipinski definition) is 5. The maximum Gasteiger partial charge on any atom is 0.157 e. The molecule has 7 heteroatoms. The molecule has 3 heterocycles. The molecule has 0 spiro atoms. The Morgan fingerprint density at radius 3 is 2.89 bits per heavy atom. The lowest BCUT2D eigenvalue weighted by Gasteiger charge is -2.15. The van der Waals surface area contributed by atoms with Crippen molar-refractivity contribution in [3.8, 4) is 0 Å². The van der Waals surface area contributed by atoms with Crippen LogP contribution in [0.5, 0.6) is 0 Å². The summed E-state index contributed by atoms with van der Waals surface area (Å²) in [6.45, 7) is 4.07. The van der Waals surface area contributed by atoms with Gasteiger partial charge in [0.15, 0.2) is 11.5 Å². The smallest absolute Gasteiger partial charge is 0.157 e. The monoisotopic (exact) mass is 257 g/mol. The van der Waals surface area contributed by atoms with Crippen LogP contribution in [-0.4, -0.2) is 29.4 Å². The second-order valence-electron chi connectivity index (χ2n) is 4.61. The molecule has 0 fully saturated rings. The van der Waals surface area contributed by atoms with Crippen molar-refractivity contribution in [2.45, 2.75) is 19.9 Å². The molecule has 19 heavy (non-hydrogen) atoms. The van der Waals surface area contributed by atoms with Gasteiger partial charge in [0.05, 0.1) is 6.04 Å². The van der Waals surface area contributed by atoms with Crippen LogP contribution in [0.1, 0.15) is 24.4 Å². The van der Waals surface area contributed by atoms with E-state index in [1.807, 2.05) is 37.6 Å². The van der Waals surface area contributed by atoms with Gasteiger partial charge in [-0.25, -0.2) is 4.98 Å². The van der Waals surface area contributed by atoms with Crippen LogP contribution in [-0.2, 0) is 7.05 Å². The van der Waals surface area contributed by atoms with Crippen molar-refractivity contribution in [2.24, 2.45) is 7.05 Å². The highest BCUT2D eigenvalue weighted by atomic mass is 15.3. The SMILES string of the molecule is Cc1cc(NC(C)c2nncn2C)n2ncnc2c1. The third kappa shape index (κ3) is 2.03. The zero-order chi connectivity index (χ0) is 13.4. The molecule has 0 saturated carbocycles. The fourth-order valence-corrected chi connectivity index (χ4v) is 2.13. The fourth-order valence-electron chi connectivity index (χ4n) is 2.13. The van der Waals surface area contributed by atoms with Crippen LogP contribution in [0.4, 0.5) is 5.82 Å². The molecule has 0 aliphatic heterocycles. The number of pyridine rings is 1. The summed E-state index contributed by atoms with van der Waals surface area (Å²) in [4.78, 5) is 4.21. The molecule has 1 N–H and O–H groups in total. The molecule has 0 amide bonds. The average molecular weight is 257 g/mol. The Morgan fingerprint density at radius 2 is 2.16 bits per heavy atom. The number of aromatic nitrogens is 6. The number of nitrogens with zero attached hydrogens (tertiary/aromatic N) is 6. The lowest BCUT2D eigenvalue weighted by molar-refractivity contribution is 0.711. The summed E-state index contributed by atoms with van der Waals surface area (Å²) in [5.41, 5.74) is 1.96. The van der Waals surface area contributed by atoms with Gasteiger partial charge in [-0.2, -0.15) is 9.61 Å². The van der Waals surface area contributed by atoms with Crippen LogP contribution in [0.25, 0.3) is 5.65 Å². The summed E-state index contributed by atoms with van der Waals surface area (Å²) in [5.74, 6) is 1.76. The van der Waals surface area contributed by atoms with Crippen LogP contribution < -0.4 is 5.32 Å². The van der Waals surface area contributed by atoms with E-state index in [-0.39, 0.29) is 6.04 Å². The van der Waals surface area contributed by atoms with Crippen molar-refractivity contribution in [2.75, 3.05) is 5.32 Å². The van der Waals surface area contributed by atoms with Gasteiger partial charge in [-0.15, -0.1) is 10.2 Å². The third-order valence-corrected chi connectivity index (χ3v) is 3.02. The Bertz CT molecular complexity index is 712. The molecule has 0 aliphatic rings. The lowest BCUT2D eigenvalue weighted by atomic mass is 10.2. The van der Waals surface area contributed by atoms with Gasteiger partial charge in [-0.05, 0) is 31.5 Å². The molecule has 98 valence electrons. The van der Waals surface area contributed by atoms with E-state index in [9.17, 15) is 0 Å². The summed E-state index contributed by atoms with van der Waals surface area (Å²) < 4.78 is 3.67. The first-order chi connectivity index (χ1) is 9.15. The number of hydrogen-bond donors (Lipinski definition) is 1. The topological polar surface area (TPSA) is 72.9 Å². The van der Waals surface area contributed by atoms with Crippen LogP contribution in [0.3, 0.4) is 0 Å². The van der Waals surface area contributed by atoms with E-state index in [0.29, 0.717) is 0 Å². The van der Waals surface area contributed by atoms with Crippen molar-refractivity contribution in [3.63, 3.8) is 0 Å². The zero-order valence-electron chi connectivity index (χ0n) is 11.1. The summed E-state index contributed by atoms with van der Waals surface area (Å²) >= 11 is 0. The molecule has 3 aromatic rings. The van der Waals surface area contributed by atoms with E-state index < -0.39 is 0 Å². The second-order valence-corrected chi connectivity index (χ2v) is 4.61. The molecule has 3 rings (SSSR count). The first-order valence-corrected chi connectivity index (χ1v) is 6.06. The largest absolute Gasteiger partial charge is 0.360 e. The molecule has 0 bridgehead atoms. The van der Waals surface area contributed by atoms with Gasteiger partial charge >= 0.3 is 0 Å². The number of anilines is 1. The third-order valence-electron chi connectivity index (χ3n) is 3.02. The maximum absolute atomic E-state index is 4.22. The molecule has 0 aliphatic carbocycles. The minimum atomic E-state index is 0.0294. The Balaban J connectivity index is 1.97. The summed E-state index contributed by atoms with van der Waals surface area (Å²) in [7, 11) is 1.93. The lowest BCUT2D eigenvalue weighted by Crippen LogP contribution is -2.14. The van der Waals surface area contributed by atoms with Crippen LogP contribution >= 0.6 is 0 Å². The van der Waals surface area contributed by atoms with Crippen molar-refractivity contribution >= 4 is 11.5 Å². The molecule has 0 saturated heterocycles. The maximum atomic E-state index is 4.22. The Morgan fingerprint density at radius 1 is 1.32 bits per heavy atom. The van der Waals surface area contributed by atoms with Crippen molar-refractivity contribution < 1.29 is 0 Å². The van der Waals surface area contributed by atoms with E-state index in [0.717, 1.165) is 22.9 Å². The predicted octanol–water partition coefficient (Wildman–Crippen LogP) is 1.34. The van der Waals surface area contributed by atoms with Gasteiger partial charge in [0.25, 0.3) is 0 Å². The zero-order valence-corrected chi connectivity index (χ0v) is 11.1. The van der Waals surface area contributed by atoms with E-state index in [1.54, 1.807) is 17.2 Å². The van der Waals surface area contributed by atoms with Gasteiger partial charge in [0.1, 0.15) is 18.5 Å². The molecule has 3 aromatic heterocycles. The normalized spacial score (nSPS) is 12.8. The van der Waals surface area contributed by atoms with Crippen LogP contribution in [0.2, 0.25) is 0 Å². The van der Waals surface area contributed by atoms with Crippen LogP contribution in [0, 0.1) is 6.92 Å². The van der Waals surface area contributed by atoms with Gasteiger partial charge in [-0.1, -0.05) is 0 Å². The van der Waals surface area contributed by atoms with E-state index >= 15 is 0 Å². The number of nitrogens with one attached hydrogen (secondary N) is 1. The quantitative estimate of drug-likeness (QED) is 0.766. The van der Waals surface area contributed by atoms with E-state index in [4.69, 9.17) is 0 Å². The van der Waals surface area contributed by atoms with E-state index in [1.165, 1.54) is 0 Å². The summed E-state index contributed by atoms with van der Waals surface area (Å²) in [5, 5.41) is 15.6. The minimum absolute atomic E-state index is 0.0294. The van der Waals surface area contributed by atoms with E-state index in [2.05, 4.69) is 25.6 Å². The van der Waals surface area contributed by atoms with Gasteiger partial charge in [-0.3, -0.25) is 0 Å². The first kappa shape index (κ1) is 11.6. The summed E-state index contributed by atoms with van der Waals surface area (Å²) in [6, 6.07) is 4.06. The van der Waals surface area contributed by atoms with Crippen molar-refractivity contribution in [3.05, 3.63) is 36.2 Å². The standard InChI is InChI=1S/C12H15N7/c1-8-4-10-13-6-15-19(10)11(5-8)16-9(2)12-17-14-7-18(12)3/h4-7,9,16H,1-3H3. The molecule has 1 atom stereocenters. The highest BCUT2D eigenvalue weighted by Crippen LogP contribution is 2.19. The number of rotatable bonds is 3.